The minimum atomic E-state index is -0.0943. The number of hydrogen-bond acceptors (Lipinski definition) is 2. The van der Waals surface area contributed by atoms with E-state index in [1.807, 2.05) is 4.90 Å². The van der Waals surface area contributed by atoms with E-state index in [2.05, 4.69) is 13.8 Å². The Bertz CT molecular complexity index is 215. The van der Waals surface area contributed by atoms with Crippen LogP contribution in [0.2, 0.25) is 0 Å². The SMILES string of the molecule is CC1CC(C)N1C(=O)OC1CCCC1. The first kappa shape index (κ1) is 9.81. The van der Waals surface area contributed by atoms with E-state index in [4.69, 9.17) is 4.74 Å². The maximum atomic E-state index is 11.7. The molecular formula is C11H19NO2. The molecule has 0 aromatic heterocycles. The van der Waals surface area contributed by atoms with Crippen LogP contribution < -0.4 is 0 Å². The molecule has 1 amide bonds. The standard InChI is InChI=1S/C11H19NO2/c1-8-7-9(2)12(8)11(13)14-10-5-3-4-6-10/h8-10H,3-7H2,1-2H3. The summed E-state index contributed by atoms with van der Waals surface area (Å²) in [6.45, 7) is 4.16. The molecule has 0 aromatic rings. The average molecular weight is 197 g/mol. The second-order valence-electron chi connectivity index (χ2n) is 4.63. The van der Waals surface area contributed by atoms with Crippen molar-refractivity contribution in [3.63, 3.8) is 0 Å². The number of nitrogens with zero attached hydrogens (tertiary/aromatic N) is 1. The molecule has 14 heavy (non-hydrogen) atoms. The lowest BCUT2D eigenvalue weighted by atomic mass is 9.97. The number of carbonyl (C=O) groups excluding carboxylic acids is 1. The third kappa shape index (κ3) is 1.72. The number of hydrogen-bond donors (Lipinski definition) is 0. The molecule has 2 rings (SSSR count). The first-order chi connectivity index (χ1) is 6.68. The summed E-state index contributed by atoms with van der Waals surface area (Å²) in [5.74, 6) is 0. The Morgan fingerprint density at radius 3 is 2.29 bits per heavy atom. The van der Waals surface area contributed by atoms with Gasteiger partial charge in [0.15, 0.2) is 0 Å². The maximum Gasteiger partial charge on any atom is 0.410 e. The van der Waals surface area contributed by atoms with E-state index < -0.39 is 0 Å². The van der Waals surface area contributed by atoms with Gasteiger partial charge in [0.2, 0.25) is 0 Å². The van der Waals surface area contributed by atoms with Crippen molar-refractivity contribution in [2.45, 2.75) is 64.1 Å². The molecule has 80 valence electrons. The molecule has 2 aliphatic rings. The van der Waals surface area contributed by atoms with Crippen molar-refractivity contribution in [3.05, 3.63) is 0 Å². The number of likely N-dealkylation sites (tertiary alicyclic amines) is 1. The highest BCUT2D eigenvalue weighted by molar-refractivity contribution is 5.69. The molecule has 0 N–H and O–H groups in total. The molecule has 0 radical (unpaired) electrons. The van der Waals surface area contributed by atoms with Gasteiger partial charge in [-0.05, 0) is 46.0 Å². The summed E-state index contributed by atoms with van der Waals surface area (Å²) in [6, 6.07) is 0.748. The second-order valence-corrected chi connectivity index (χ2v) is 4.63. The number of amides is 1. The Kier molecular flexibility index (Phi) is 2.66. The van der Waals surface area contributed by atoms with Crippen LogP contribution in [0.3, 0.4) is 0 Å². The summed E-state index contributed by atoms with van der Waals surface area (Å²) in [5.41, 5.74) is 0. The monoisotopic (exact) mass is 197 g/mol. The molecule has 1 aliphatic carbocycles. The molecular weight excluding hydrogens is 178 g/mol. The quantitative estimate of drug-likeness (QED) is 0.646. The van der Waals surface area contributed by atoms with Gasteiger partial charge < -0.3 is 9.64 Å². The fourth-order valence-electron chi connectivity index (χ4n) is 2.59. The molecule has 1 saturated carbocycles. The Morgan fingerprint density at radius 2 is 1.79 bits per heavy atom. The fraction of sp³-hybridized carbons (Fsp3) is 0.909. The van der Waals surface area contributed by atoms with Crippen molar-refractivity contribution in [2.24, 2.45) is 0 Å². The summed E-state index contributed by atoms with van der Waals surface area (Å²) < 4.78 is 5.44. The average Bonchev–Trinajstić information content (AvgIpc) is 2.55. The first-order valence-corrected chi connectivity index (χ1v) is 5.67. The number of rotatable bonds is 1. The van der Waals surface area contributed by atoms with Crippen LogP contribution in [0.1, 0.15) is 46.0 Å². The fourth-order valence-corrected chi connectivity index (χ4v) is 2.59. The van der Waals surface area contributed by atoms with E-state index in [9.17, 15) is 4.79 Å². The van der Waals surface area contributed by atoms with Crippen molar-refractivity contribution >= 4 is 6.09 Å². The van der Waals surface area contributed by atoms with Gasteiger partial charge in [-0.15, -0.1) is 0 Å². The van der Waals surface area contributed by atoms with E-state index in [1.165, 1.54) is 12.8 Å². The molecule has 0 aromatic carbocycles. The van der Waals surface area contributed by atoms with Crippen molar-refractivity contribution < 1.29 is 9.53 Å². The highest BCUT2D eigenvalue weighted by Gasteiger charge is 2.37. The molecule has 3 heteroatoms. The largest absolute Gasteiger partial charge is 0.446 e. The zero-order chi connectivity index (χ0) is 10.1. The van der Waals surface area contributed by atoms with Crippen LogP contribution in [-0.4, -0.2) is 29.2 Å². The van der Waals surface area contributed by atoms with Gasteiger partial charge in [0, 0.05) is 12.1 Å². The smallest absolute Gasteiger partial charge is 0.410 e. The Hall–Kier alpha value is -0.730. The van der Waals surface area contributed by atoms with Gasteiger partial charge in [0.1, 0.15) is 6.10 Å². The maximum absolute atomic E-state index is 11.7. The van der Waals surface area contributed by atoms with Crippen molar-refractivity contribution in [3.8, 4) is 0 Å². The summed E-state index contributed by atoms with van der Waals surface area (Å²) in [5, 5.41) is 0. The minimum Gasteiger partial charge on any atom is -0.446 e. The molecule has 3 nitrogen and oxygen atoms in total. The van der Waals surface area contributed by atoms with E-state index in [0.29, 0.717) is 12.1 Å². The van der Waals surface area contributed by atoms with E-state index in [0.717, 1.165) is 19.3 Å². The minimum absolute atomic E-state index is 0.0943. The molecule has 1 saturated heterocycles. The van der Waals surface area contributed by atoms with Gasteiger partial charge in [-0.1, -0.05) is 0 Å². The van der Waals surface area contributed by atoms with Crippen molar-refractivity contribution in [1.29, 1.82) is 0 Å². The lowest BCUT2D eigenvalue weighted by molar-refractivity contribution is 0.00120. The van der Waals surface area contributed by atoms with Gasteiger partial charge in [-0.25, -0.2) is 4.79 Å². The van der Waals surface area contributed by atoms with Gasteiger partial charge >= 0.3 is 6.09 Å². The van der Waals surface area contributed by atoms with Crippen LogP contribution in [0.5, 0.6) is 0 Å². The third-order valence-electron chi connectivity index (χ3n) is 3.41. The zero-order valence-electron chi connectivity index (χ0n) is 9.03. The van der Waals surface area contributed by atoms with Gasteiger partial charge in [-0.3, -0.25) is 0 Å². The Morgan fingerprint density at radius 1 is 1.21 bits per heavy atom. The molecule has 1 aliphatic heterocycles. The van der Waals surface area contributed by atoms with Crippen LogP contribution in [-0.2, 0) is 4.74 Å². The highest BCUT2D eigenvalue weighted by atomic mass is 16.6. The zero-order valence-corrected chi connectivity index (χ0v) is 9.03. The third-order valence-corrected chi connectivity index (χ3v) is 3.41. The summed E-state index contributed by atoms with van der Waals surface area (Å²) in [6.07, 6.45) is 5.75. The van der Waals surface area contributed by atoms with Crippen molar-refractivity contribution in [2.75, 3.05) is 0 Å². The molecule has 1 heterocycles. The van der Waals surface area contributed by atoms with Crippen LogP contribution in [0.4, 0.5) is 4.79 Å². The topological polar surface area (TPSA) is 29.5 Å². The van der Waals surface area contributed by atoms with E-state index in [-0.39, 0.29) is 12.2 Å². The van der Waals surface area contributed by atoms with Crippen LogP contribution in [0, 0.1) is 0 Å². The van der Waals surface area contributed by atoms with Crippen LogP contribution >= 0.6 is 0 Å². The molecule has 2 atom stereocenters. The summed E-state index contributed by atoms with van der Waals surface area (Å²) in [4.78, 5) is 13.6. The molecule has 0 bridgehead atoms. The highest BCUT2D eigenvalue weighted by Crippen LogP contribution is 2.28. The summed E-state index contributed by atoms with van der Waals surface area (Å²) in [7, 11) is 0. The Labute approximate surface area is 85.4 Å². The van der Waals surface area contributed by atoms with E-state index in [1.54, 1.807) is 0 Å². The van der Waals surface area contributed by atoms with Gasteiger partial charge in [0.05, 0.1) is 0 Å². The molecule has 2 unspecified atom stereocenters. The van der Waals surface area contributed by atoms with Crippen LogP contribution in [0.25, 0.3) is 0 Å². The number of carbonyl (C=O) groups is 1. The Balaban J connectivity index is 1.82. The first-order valence-electron chi connectivity index (χ1n) is 5.67. The van der Waals surface area contributed by atoms with Gasteiger partial charge in [-0.2, -0.15) is 0 Å². The van der Waals surface area contributed by atoms with Crippen molar-refractivity contribution in [1.82, 2.24) is 4.90 Å². The summed E-state index contributed by atoms with van der Waals surface area (Å²) >= 11 is 0. The lowest BCUT2D eigenvalue weighted by Crippen LogP contribution is -2.56. The lowest BCUT2D eigenvalue weighted by Gasteiger charge is -2.44. The van der Waals surface area contributed by atoms with E-state index >= 15 is 0 Å². The van der Waals surface area contributed by atoms with Gasteiger partial charge in [0.25, 0.3) is 0 Å². The normalized spacial score (nSPS) is 32.9. The predicted octanol–water partition coefficient (Wildman–Crippen LogP) is 2.55. The second kappa shape index (κ2) is 3.79. The predicted molar refractivity (Wildman–Crippen MR) is 54.1 cm³/mol. The number of ether oxygens (including phenoxy) is 1. The molecule has 2 fully saturated rings. The molecule has 0 spiro atoms. The van der Waals surface area contributed by atoms with Crippen LogP contribution in [0.15, 0.2) is 0 Å².